The van der Waals surface area contributed by atoms with Crippen molar-refractivity contribution in [2.45, 2.75) is 38.3 Å². The molecular weight excluding hydrogens is 380 g/mol. The van der Waals surface area contributed by atoms with Gasteiger partial charge in [0.05, 0.1) is 11.1 Å². The second-order valence-electron chi connectivity index (χ2n) is 8.12. The van der Waals surface area contributed by atoms with Gasteiger partial charge in [0, 0.05) is 36.5 Å². The number of aldehydes is 1. The van der Waals surface area contributed by atoms with E-state index in [1.165, 1.54) is 12.8 Å². The number of aromatic nitrogens is 3. The lowest BCUT2D eigenvalue weighted by Gasteiger charge is -2.23. The maximum absolute atomic E-state index is 12.4. The van der Waals surface area contributed by atoms with Crippen LogP contribution in [0.4, 0.5) is 0 Å². The molecule has 2 aliphatic rings. The van der Waals surface area contributed by atoms with Crippen LogP contribution in [0.25, 0.3) is 22.0 Å². The Bertz CT molecular complexity index is 1100. The van der Waals surface area contributed by atoms with Crippen LogP contribution in [-0.2, 0) is 4.74 Å². The molecule has 1 aromatic carbocycles. The number of fused-ring (bicyclic) bond motifs is 1. The minimum absolute atomic E-state index is 0.104. The Balaban J connectivity index is 1.46. The van der Waals surface area contributed by atoms with Crippen molar-refractivity contribution in [1.82, 2.24) is 20.1 Å². The first-order valence-corrected chi connectivity index (χ1v) is 10.6. The Labute approximate surface area is 174 Å². The number of pyridine rings is 1. The minimum atomic E-state index is -0.138. The predicted molar refractivity (Wildman–Crippen MR) is 112 cm³/mol. The molecule has 7 nitrogen and oxygen atoms in total. The molecule has 5 rings (SSSR count). The smallest absolute Gasteiger partial charge is 0.252 e. The standard InChI is InChI=1S/C23H24N4O3/c28-14-20-19-10-16(6-7-21(19)27(26-20)22-3-1-2-8-30-22)17-9-18(13-24-12-17)23(29)25-11-15-4-5-15/h6-7,9-10,12-15,22H,1-5,8,11H2,(H,25,29). The zero-order chi connectivity index (χ0) is 20.5. The molecule has 3 heterocycles. The van der Waals surface area contributed by atoms with Gasteiger partial charge in [0.2, 0.25) is 0 Å². The summed E-state index contributed by atoms with van der Waals surface area (Å²) in [7, 11) is 0. The van der Waals surface area contributed by atoms with Gasteiger partial charge in [-0.3, -0.25) is 14.6 Å². The molecule has 1 aliphatic heterocycles. The number of carbonyl (C=O) groups is 2. The van der Waals surface area contributed by atoms with Crippen LogP contribution >= 0.6 is 0 Å². The van der Waals surface area contributed by atoms with Crippen LogP contribution in [0.2, 0.25) is 0 Å². The second-order valence-corrected chi connectivity index (χ2v) is 8.12. The van der Waals surface area contributed by atoms with Gasteiger partial charge in [-0.05, 0) is 61.8 Å². The molecule has 154 valence electrons. The van der Waals surface area contributed by atoms with E-state index in [9.17, 15) is 9.59 Å². The molecule has 2 aromatic heterocycles. The van der Waals surface area contributed by atoms with Crippen LogP contribution in [0.1, 0.15) is 59.2 Å². The fourth-order valence-corrected chi connectivity index (χ4v) is 3.95. The van der Waals surface area contributed by atoms with Gasteiger partial charge >= 0.3 is 0 Å². The summed E-state index contributed by atoms with van der Waals surface area (Å²) < 4.78 is 7.68. The largest absolute Gasteiger partial charge is 0.356 e. The third-order valence-electron chi connectivity index (χ3n) is 5.86. The monoisotopic (exact) mass is 404 g/mol. The van der Waals surface area contributed by atoms with Crippen LogP contribution in [-0.4, -0.2) is 40.1 Å². The Hall–Kier alpha value is -3.06. The number of nitrogens with one attached hydrogen (secondary N) is 1. The van der Waals surface area contributed by atoms with E-state index in [0.717, 1.165) is 54.1 Å². The van der Waals surface area contributed by atoms with Crippen molar-refractivity contribution in [2.24, 2.45) is 5.92 Å². The molecule has 30 heavy (non-hydrogen) atoms. The molecule has 1 amide bonds. The van der Waals surface area contributed by atoms with Gasteiger partial charge in [0.15, 0.2) is 12.5 Å². The molecule has 1 atom stereocenters. The van der Waals surface area contributed by atoms with Crippen molar-refractivity contribution in [2.75, 3.05) is 13.2 Å². The molecule has 2 fully saturated rings. The number of rotatable bonds is 6. The molecule has 1 saturated heterocycles. The fraction of sp³-hybridized carbons (Fsp3) is 0.391. The van der Waals surface area contributed by atoms with Gasteiger partial charge in [-0.25, -0.2) is 4.68 Å². The third kappa shape index (κ3) is 3.73. The van der Waals surface area contributed by atoms with E-state index in [1.54, 1.807) is 12.4 Å². The average molecular weight is 404 g/mol. The van der Waals surface area contributed by atoms with Gasteiger partial charge in [-0.1, -0.05) is 6.07 Å². The zero-order valence-corrected chi connectivity index (χ0v) is 16.7. The highest BCUT2D eigenvalue weighted by atomic mass is 16.5. The summed E-state index contributed by atoms with van der Waals surface area (Å²) in [6.45, 7) is 1.43. The molecule has 3 aromatic rings. The molecule has 7 heteroatoms. The minimum Gasteiger partial charge on any atom is -0.356 e. The molecule has 0 spiro atoms. The van der Waals surface area contributed by atoms with Gasteiger partial charge in [-0.2, -0.15) is 5.10 Å². The first-order chi connectivity index (χ1) is 14.7. The summed E-state index contributed by atoms with van der Waals surface area (Å²) in [6, 6.07) is 7.71. The Kier molecular flexibility index (Phi) is 5.04. The van der Waals surface area contributed by atoms with Crippen molar-refractivity contribution < 1.29 is 14.3 Å². The van der Waals surface area contributed by atoms with Gasteiger partial charge in [0.1, 0.15) is 5.69 Å². The Morgan fingerprint density at radius 1 is 1.17 bits per heavy atom. The average Bonchev–Trinajstić information content (AvgIpc) is 3.56. The molecule has 1 N–H and O–H groups in total. The van der Waals surface area contributed by atoms with Crippen LogP contribution in [0.15, 0.2) is 36.7 Å². The van der Waals surface area contributed by atoms with E-state index in [1.807, 2.05) is 28.9 Å². The van der Waals surface area contributed by atoms with E-state index < -0.39 is 0 Å². The third-order valence-corrected chi connectivity index (χ3v) is 5.86. The molecule has 1 unspecified atom stereocenters. The highest BCUT2D eigenvalue weighted by Crippen LogP contribution is 2.31. The maximum atomic E-state index is 12.4. The van der Waals surface area contributed by atoms with Crippen molar-refractivity contribution in [3.05, 3.63) is 47.9 Å². The zero-order valence-electron chi connectivity index (χ0n) is 16.7. The van der Waals surface area contributed by atoms with E-state index in [2.05, 4.69) is 15.4 Å². The quantitative estimate of drug-likeness (QED) is 0.633. The lowest BCUT2D eigenvalue weighted by Crippen LogP contribution is -2.25. The molecule has 0 bridgehead atoms. The number of amides is 1. The molecule has 1 aliphatic carbocycles. The summed E-state index contributed by atoms with van der Waals surface area (Å²) in [5, 5.41) is 8.26. The number of hydrogen-bond acceptors (Lipinski definition) is 5. The topological polar surface area (TPSA) is 86.1 Å². The van der Waals surface area contributed by atoms with E-state index >= 15 is 0 Å². The molecular formula is C23H24N4O3. The summed E-state index contributed by atoms with van der Waals surface area (Å²) in [5.41, 5.74) is 3.52. The van der Waals surface area contributed by atoms with E-state index in [4.69, 9.17) is 4.74 Å². The van der Waals surface area contributed by atoms with Crippen molar-refractivity contribution in [3.63, 3.8) is 0 Å². The maximum Gasteiger partial charge on any atom is 0.252 e. The van der Waals surface area contributed by atoms with Gasteiger partial charge in [-0.15, -0.1) is 0 Å². The van der Waals surface area contributed by atoms with Crippen LogP contribution in [0, 0.1) is 5.92 Å². The predicted octanol–water partition coefficient (Wildman–Crippen LogP) is 3.75. The molecule has 1 saturated carbocycles. The van der Waals surface area contributed by atoms with Crippen molar-refractivity contribution in [3.8, 4) is 11.1 Å². The van der Waals surface area contributed by atoms with Crippen molar-refractivity contribution in [1.29, 1.82) is 0 Å². The van der Waals surface area contributed by atoms with Crippen LogP contribution in [0.3, 0.4) is 0 Å². The van der Waals surface area contributed by atoms with E-state index in [-0.39, 0.29) is 12.1 Å². The summed E-state index contributed by atoms with van der Waals surface area (Å²) >= 11 is 0. The second kappa shape index (κ2) is 7.99. The normalized spacial score (nSPS) is 19.0. The SMILES string of the molecule is O=Cc1nn(C2CCCCO2)c2ccc(-c3cncc(C(=O)NCC4CC4)c3)cc12. The summed E-state index contributed by atoms with van der Waals surface area (Å²) in [4.78, 5) is 28.3. The highest BCUT2D eigenvalue weighted by molar-refractivity contribution is 5.98. The molecule has 0 radical (unpaired) electrons. The van der Waals surface area contributed by atoms with Crippen LogP contribution < -0.4 is 5.32 Å². The summed E-state index contributed by atoms with van der Waals surface area (Å²) in [5.74, 6) is 0.520. The lowest BCUT2D eigenvalue weighted by atomic mass is 10.0. The number of ether oxygens (including phenoxy) is 1. The van der Waals surface area contributed by atoms with Crippen LogP contribution in [0.5, 0.6) is 0 Å². The Morgan fingerprint density at radius 3 is 2.83 bits per heavy atom. The first kappa shape index (κ1) is 18.9. The first-order valence-electron chi connectivity index (χ1n) is 10.6. The lowest BCUT2D eigenvalue weighted by molar-refractivity contribution is -0.0367. The fourth-order valence-electron chi connectivity index (χ4n) is 3.95. The number of carbonyl (C=O) groups excluding carboxylic acids is 2. The number of hydrogen-bond donors (Lipinski definition) is 1. The number of nitrogens with zero attached hydrogens (tertiary/aromatic N) is 3. The highest BCUT2D eigenvalue weighted by Gasteiger charge is 2.23. The van der Waals surface area contributed by atoms with Gasteiger partial charge < -0.3 is 10.1 Å². The summed E-state index contributed by atoms with van der Waals surface area (Å²) in [6.07, 6.45) is 9.37. The van der Waals surface area contributed by atoms with E-state index in [0.29, 0.717) is 23.8 Å². The van der Waals surface area contributed by atoms with Crippen molar-refractivity contribution >= 4 is 23.1 Å². The Morgan fingerprint density at radius 2 is 2.07 bits per heavy atom. The number of benzene rings is 1. The van der Waals surface area contributed by atoms with Gasteiger partial charge in [0.25, 0.3) is 5.91 Å².